The number of nitrogens with zero attached hydrogens (tertiary/aromatic N) is 1. The van der Waals surface area contributed by atoms with E-state index in [9.17, 15) is 13.5 Å². The molecular formula is C11H23NO3S. The molecule has 1 saturated heterocycles. The maximum atomic E-state index is 12.0. The molecule has 1 aliphatic heterocycles. The molecule has 0 spiro atoms. The quantitative estimate of drug-likeness (QED) is 0.818. The van der Waals surface area contributed by atoms with Crippen LogP contribution in [0.3, 0.4) is 0 Å². The van der Waals surface area contributed by atoms with Crippen molar-refractivity contribution in [1.82, 2.24) is 4.31 Å². The van der Waals surface area contributed by atoms with E-state index in [1.165, 1.54) is 4.31 Å². The molecule has 0 aromatic carbocycles. The average molecular weight is 249 g/mol. The van der Waals surface area contributed by atoms with E-state index in [-0.39, 0.29) is 17.3 Å². The van der Waals surface area contributed by atoms with Crippen LogP contribution < -0.4 is 0 Å². The van der Waals surface area contributed by atoms with Crippen molar-refractivity contribution in [3.8, 4) is 0 Å². The zero-order valence-electron chi connectivity index (χ0n) is 10.4. The van der Waals surface area contributed by atoms with Gasteiger partial charge < -0.3 is 5.11 Å². The third-order valence-electron chi connectivity index (χ3n) is 2.93. The molecule has 0 amide bonds. The van der Waals surface area contributed by atoms with Crippen molar-refractivity contribution < 1.29 is 13.5 Å². The normalized spacial score (nSPS) is 21.2. The number of aliphatic hydroxyl groups is 1. The van der Waals surface area contributed by atoms with Crippen LogP contribution >= 0.6 is 0 Å². The fraction of sp³-hybridized carbons (Fsp3) is 1.00. The topological polar surface area (TPSA) is 57.6 Å². The third kappa shape index (κ3) is 4.39. The van der Waals surface area contributed by atoms with E-state index in [0.717, 1.165) is 0 Å². The number of rotatable bonds is 3. The Morgan fingerprint density at radius 3 is 2.19 bits per heavy atom. The molecule has 1 aliphatic rings. The summed E-state index contributed by atoms with van der Waals surface area (Å²) in [5, 5.41) is 9.33. The predicted molar refractivity (Wildman–Crippen MR) is 64.7 cm³/mol. The molecule has 0 saturated carbocycles. The summed E-state index contributed by atoms with van der Waals surface area (Å²) in [6.45, 7) is 7.06. The van der Waals surface area contributed by atoms with Gasteiger partial charge in [0.15, 0.2) is 0 Å². The minimum Gasteiger partial charge on any atom is -0.393 e. The molecule has 4 nitrogen and oxygen atoms in total. The van der Waals surface area contributed by atoms with Gasteiger partial charge >= 0.3 is 0 Å². The summed E-state index contributed by atoms with van der Waals surface area (Å²) in [5.41, 5.74) is 0.0440. The largest absolute Gasteiger partial charge is 0.393 e. The summed E-state index contributed by atoms with van der Waals surface area (Å²) in [5.74, 6) is 0.215. The van der Waals surface area contributed by atoms with Gasteiger partial charge in [-0.2, -0.15) is 0 Å². The van der Waals surface area contributed by atoms with Gasteiger partial charge in [-0.25, -0.2) is 12.7 Å². The molecule has 96 valence electrons. The molecule has 16 heavy (non-hydrogen) atoms. The minimum absolute atomic E-state index is 0.0440. The Bertz CT molecular complexity index is 311. The third-order valence-corrected chi connectivity index (χ3v) is 4.80. The summed E-state index contributed by atoms with van der Waals surface area (Å²) >= 11 is 0. The second kappa shape index (κ2) is 5.02. The van der Waals surface area contributed by atoms with Crippen LogP contribution in [0.2, 0.25) is 0 Å². The van der Waals surface area contributed by atoms with Crippen molar-refractivity contribution in [3.63, 3.8) is 0 Å². The van der Waals surface area contributed by atoms with E-state index < -0.39 is 10.0 Å². The number of piperidine rings is 1. The van der Waals surface area contributed by atoms with Gasteiger partial charge in [0.2, 0.25) is 10.0 Å². The lowest BCUT2D eigenvalue weighted by atomic mass is 9.94. The first kappa shape index (κ1) is 13.9. The van der Waals surface area contributed by atoms with E-state index in [2.05, 4.69) is 0 Å². The predicted octanol–water partition coefficient (Wildman–Crippen LogP) is 1.21. The molecule has 1 heterocycles. The van der Waals surface area contributed by atoms with E-state index >= 15 is 0 Å². The van der Waals surface area contributed by atoms with Gasteiger partial charge in [-0.15, -0.1) is 0 Å². The number of aliphatic hydroxyl groups excluding tert-OH is 1. The molecule has 0 aromatic rings. The number of hydrogen-bond acceptors (Lipinski definition) is 3. The molecule has 5 heteroatoms. The number of sulfonamides is 1. The summed E-state index contributed by atoms with van der Waals surface area (Å²) in [4.78, 5) is 0. The fourth-order valence-electron chi connectivity index (χ4n) is 1.68. The standard InChI is InChI=1S/C11H23NO3S/c1-11(2,3)6-9-16(14,15)12-7-4-10(13)5-8-12/h10,13H,4-9H2,1-3H3. The maximum absolute atomic E-state index is 12.0. The van der Waals surface area contributed by atoms with Gasteiger partial charge in [-0.3, -0.25) is 0 Å². The Morgan fingerprint density at radius 1 is 1.25 bits per heavy atom. The van der Waals surface area contributed by atoms with Gasteiger partial charge in [0, 0.05) is 13.1 Å². The highest BCUT2D eigenvalue weighted by Gasteiger charge is 2.28. The molecule has 1 N–H and O–H groups in total. The van der Waals surface area contributed by atoms with Crippen LogP contribution in [0.15, 0.2) is 0 Å². The summed E-state index contributed by atoms with van der Waals surface area (Å²) in [6, 6.07) is 0. The fourth-order valence-corrected chi connectivity index (χ4v) is 3.58. The van der Waals surface area contributed by atoms with Crippen LogP contribution in [0.5, 0.6) is 0 Å². The van der Waals surface area contributed by atoms with Crippen LogP contribution in [-0.4, -0.2) is 42.8 Å². The lowest BCUT2D eigenvalue weighted by Gasteiger charge is -2.29. The van der Waals surface area contributed by atoms with Crippen molar-refractivity contribution in [3.05, 3.63) is 0 Å². The van der Waals surface area contributed by atoms with Crippen molar-refractivity contribution >= 4 is 10.0 Å². The Balaban J connectivity index is 2.51. The van der Waals surface area contributed by atoms with Crippen molar-refractivity contribution in [2.45, 2.75) is 46.1 Å². The van der Waals surface area contributed by atoms with Crippen molar-refractivity contribution in [2.24, 2.45) is 5.41 Å². The molecule has 0 atom stereocenters. The first-order chi connectivity index (χ1) is 7.21. The lowest BCUT2D eigenvalue weighted by molar-refractivity contribution is 0.113. The molecule has 0 bridgehead atoms. The van der Waals surface area contributed by atoms with E-state index in [4.69, 9.17) is 0 Å². The van der Waals surface area contributed by atoms with Gasteiger partial charge in [0.1, 0.15) is 0 Å². The van der Waals surface area contributed by atoms with Crippen LogP contribution in [0.4, 0.5) is 0 Å². The smallest absolute Gasteiger partial charge is 0.214 e. The zero-order valence-corrected chi connectivity index (χ0v) is 11.3. The first-order valence-electron chi connectivity index (χ1n) is 5.87. The maximum Gasteiger partial charge on any atom is 0.214 e. The molecule has 0 aliphatic carbocycles. The molecule has 1 fully saturated rings. The molecular weight excluding hydrogens is 226 g/mol. The van der Waals surface area contributed by atoms with Gasteiger partial charge in [-0.05, 0) is 24.7 Å². The lowest BCUT2D eigenvalue weighted by Crippen LogP contribution is -2.41. The average Bonchev–Trinajstić information content (AvgIpc) is 2.15. The highest BCUT2D eigenvalue weighted by molar-refractivity contribution is 7.89. The highest BCUT2D eigenvalue weighted by Crippen LogP contribution is 2.22. The van der Waals surface area contributed by atoms with E-state index in [1.54, 1.807) is 0 Å². The Labute approximate surface area is 98.7 Å². The number of hydrogen-bond donors (Lipinski definition) is 1. The van der Waals surface area contributed by atoms with E-state index in [1.807, 2.05) is 20.8 Å². The summed E-state index contributed by atoms with van der Waals surface area (Å²) in [6.07, 6.45) is 1.48. The molecule has 0 aromatic heterocycles. The highest BCUT2D eigenvalue weighted by atomic mass is 32.2. The zero-order chi connectivity index (χ0) is 12.4. The minimum atomic E-state index is -3.12. The Hall–Kier alpha value is -0.130. The van der Waals surface area contributed by atoms with Gasteiger partial charge in [0.05, 0.1) is 11.9 Å². The van der Waals surface area contributed by atoms with Crippen LogP contribution in [-0.2, 0) is 10.0 Å². The Morgan fingerprint density at radius 2 is 1.75 bits per heavy atom. The van der Waals surface area contributed by atoms with Gasteiger partial charge in [-0.1, -0.05) is 20.8 Å². The van der Waals surface area contributed by atoms with Crippen LogP contribution in [0.25, 0.3) is 0 Å². The molecule has 0 unspecified atom stereocenters. The Kier molecular flexibility index (Phi) is 4.37. The van der Waals surface area contributed by atoms with Crippen LogP contribution in [0, 0.1) is 5.41 Å². The summed E-state index contributed by atoms with van der Waals surface area (Å²) in [7, 11) is -3.12. The van der Waals surface area contributed by atoms with Crippen LogP contribution in [0.1, 0.15) is 40.0 Å². The SMILES string of the molecule is CC(C)(C)CCS(=O)(=O)N1CCC(O)CC1. The van der Waals surface area contributed by atoms with E-state index in [0.29, 0.717) is 32.4 Å². The van der Waals surface area contributed by atoms with Crippen molar-refractivity contribution in [1.29, 1.82) is 0 Å². The molecule has 1 rings (SSSR count). The monoisotopic (exact) mass is 249 g/mol. The first-order valence-corrected chi connectivity index (χ1v) is 7.47. The van der Waals surface area contributed by atoms with Gasteiger partial charge in [0.25, 0.3) is 0 Å². The summed E-state index contributed by atoms with van der Waals surface area (Å²) < 4.78 is 25.5. The van der Waals surface area contributed by atoms with Crippen molar-refractivity contribution in [2.75, 3.05) is 18.8 Å². The molecule has 0 radical (unpaired) electrons. The second-order valence-corrected chi connectivity index (χ2v) is 7.85. The second-order valence-electron chi connectivity index (χ2n) is 5.76.